The molecule has 0 aromatic heterocycles. The number of likely N-dealkylation sites (tertiary alicyclic amines) is 1. The van der Waals surface area contributed by atoms with Crippen LogP contribution in [-0.4, -0.2) is 48.1 Å². The van der Waals surface area contributed by atoms with Gasteiger partial charge in [0.25, 0.3) is 0 Å². The first-order chi connectivity index (χ1) is 7.88. The summed E-state index contributed by atoms with van der Waals surface area (Å²) in [6.07, 6.45) is 7.40. The highest BCUT2D eigenvalue weighted by molar-refractivity contribution is 7.99. The van der Waals surface area contributed by atoms with Crippen molar-refractivity contribution in [2.45, 2.75) is 37.8 Å². The molecule has 0 amide bonds. The summed E-state index contributed by atoms with van der Waals surface area (Å²) in [6, 6.07) is 1.58. The molecule has 0 unspecified atom stereocenters. The van der Waals surface area contributed by atoms with Gasteiger partial charge in [-0.15, -0.1) is 6.58 Å². The van der Waals surface area contributed by atoms with E-state index in [1.807, 2.05) is 6.08 Å². The number of nitrogens with zero attached hydrogens (tertiary/aromatic N) is 1. The van der Waals surface area contributed by atoms with Crippen LogP contribution >= 0.6 is 11.8 Å². The topological polar surface area (TPSA) is 15.3 Å². The Bertz CT molecular complexity index is 206. The molecule has 0 aromatic carbocycles. The quantitative estimate of drug-likeness (QED) is 0.758. The van der Waals surface area contributed by atoms with E-state index in [2.05, 4.69) is 28.6 Å². The van der Waals surface area contributed by atoms with E-state index >= 15 is 0 Å². The summed E-state index contributed by atoms with van der Waals surface area (Å²) in [7, 11) is 0. The van der Waals surface area contributed by atoms with E-state index in [1.54, 1.807) is 0 Å². The molecule has 2 saturated heterocycles. The highest BCUT2D eigenvalue weighted by Gasteiger charge is 2.22. The second kappa shape index (κ2) is 6.67. The van der Waals surface area contributed by atoms with Gasteiger partial charge in [0.05, 0.1) is 0 Å². The number of hydrogen-bond acceptors (Lipinski definition) is 3. The van der Waals surface area contributed by atoms with Gasteiger partial charge in [0, 0.05) is 18.6 Å². The van der Waals surface area contributed by atoms with E-state index in [-0.39, 0.29) is 0 Å². The van der Waals surface area contributed by atoms with E-state index < -0.39 is 0 Å². The van der Waals surface area contributed by atoms with Crippen molar-refractivity contribution in [3.05, 3.63) is 12.7 Å². The Balaban J connectivity index is 1.66. The molecule has 3 heteroatoms. The van der Waals surface area contributed by atoms with Crippen molar-refractivity contribution in [2.24, 2.45) is 0 Å². The fraction of sp³-hybridized carbons (Fsp3) is 0.846. The lowest BCUT2D eigenvalue weighted by Crippen LogP contribution is -2.47. The molecule has 16 heavy (non-hydrogen) atoms. The van der Waals surface area contributed by atoms with Crippen molar-refractivity contribution in [1.29, 1.82) is 0 Å². The van der Waals surface area contributed by atoms with Crippen LogP contribution in [-0.2, 0) is 0 Å². The average molecular weight is 240 g/mol. The molecule has 0 radical (unpaired) electrons. The minimum Gasteiger partial charge on any atom is -0.311 e. The van der Waals surface area contributed by atoms with Gasteiger partial charge in [-0.05, 0) is 50.3 Å². The molecule has 2 aliphatic rings. The van der Waals surface area contributed by atoms with Crippen LogP contribution in [0.5, 0.6) is 0 Å². The van der Waals surface area contributed by atoms with Crippen LogP contribution in [0.25, 0.3) is 0 Å². The number of rotatable bonds is 4. The average Bonchev–Trinajstić information content (AvgIpc) is 2.33. The van der Waals surface area contributed by atoms with Gasteiger partial charge in [-0.25, -0.2) is 0 Å². The zero-order chi connectivity index (χ0) is 11.2. The Labute approximate surface area is 104 Å². The zero-order valence-electron chi connectivity index (χ0n) is 10.2. The summed E-state index contributed by atoms with van der Waals surface area (Å²) in [5.41, 5.74) is 0. The Morgan fingerprint density at radius 1 is 1.12 bits per heavy atom. The molecule has 92 valence electrons. The van der Waals surface area contributed by atoms with Gasteiger partial charge < -0.3 is 5.32 Å². The number of thioether (sulfide) groups is 1. The molecule has 0 atom stereocenters. The standard InChI is InChI=1S/C13H24N2S/c1-2-7-15-8-3-12(4-9-15)14-13-5-10-16-11-6-13/h2,12-14H,1,3-11H2. The van der Waals surface area contributed by atoms with Crippen molar-refractivity contribution < 1.29 is 0 Å². The number of piperidine rings is 1. The molecular weight excluding hydrogens is 216 g/mol. The fourth-order valence-electron chi connectivity index (χ4n) is 2.66. The predicted octanol–water partition coefficient (Wildman–Crippen LogP) is 2.12. The molecule has 2 aliphatic heterocycles. The Morgan fingerprint density at radius 3 is 2.38 bits per heavy atom. The summed E-state index contributed by atoms with van der Waals surface area (Å²) >= 11 is 2.11. The summed E-state index contributed by atoms with van der Waals surface area (Å²) in [4.78, 5) is 2.50. The maximum atomic E-state index is 3.85. The number of nitrogens with one attached hydrogen (secondary N) is 1. The Kier molecular flexibility index (Phi) is 5.20. The minimum absolute atomic E-state index is 0.772. The third-order valence-corrected chi connectivity index (χ3v) is 4.72. The third kappa shape index (κ3) is 3.79. The van der Waals surface area contributed by atoms with Crippen LogP contribution in [0.2, 0.25) is 0 Å². The predicted molar refractivity (Wildman–Crippen MR) is 73.1 cm³/mol. The number of hydrogen-bond donors (Lipinski definition) is 1. The molecule has 1 N–H and O–H groups in total. The zero-order valence-corrected chi connectivity index (χ0v) is 11.0. The van der Waals surface area contributed by atoms with Crippen molar-refractivity contribution in [2.75, 3.05) is 31.1 Å². The summed E-state index contributed by atoms with van der Waals surface area (Å²) in [5, 5.41) is 3.85. The molecule has 0 spiro atoms. The molecule has 2 heterocycles. The Morgan fingerprint density at radius 2 is 1.75 bits per heavy atom. The molecular formula is C13H24N2S. The van der Waals surface area contributed by atoms with Crippen molar-refractivity contribution >= 4 is 11.8 Å². The van der Waals surface area contributed by atoms with Crippen LogP contribution in [0.4, 0.5) is 0 Å². The van der Waals surface area contributed by atoms with E-state index in [9.17, 15) is 0 Å². The second-order valence-corrected chi connectivity index (χ2v) is 6.14. The van der Waals surface area contributed by atoms with E-state index in [0.717, 1.165) is 18.6 Å². The van der Waals surface area contributed by atoms with Crippen LogP contribution in [0.1, 0.15) is 25.7 Å². The monoisotopic (exact) mass is 240 g/mol. The molecule has 2 rings (SSSR count). The summed E-state index contributed by atoms with van der Waals surface area (Å²) in [5.74, 6) is 2.71. The van der Waals surface area contributed by atoms with Gasteiger partial charge in [-0.1, -0.05) is 6.08 Å². The maximum Gasteiger partial charge on any atom is 0.0160 e. The van der Waals surface area contributed by atoms with Crippen LogP contribution < -0.4 is 5.32 Å². The minimum atomic E-state index is 0.772. The third-order valence-electron chi connectivity index (χ3n) is 3.67. The molecule has 2 fully saturated rings. The van der Waals surface area contributed by atoms with Crippen molar-refractivity contribution in [1.82, 2.24) is 10.2 Å². The van der Waals surface area contributed by atoms with Crippen LogP contribution in [0.15, 0.2) is 12.7 Å². The first-order valence-electron chi connectivity index (χ1n) is 6.55. The van der Waals surface area contributed by atoms with Gasteiger partial charge >= 0.3 is 0 Å². The Hall–Kier alpha value is 0.0100. The molecule has 0 aromatic rings. The van der Waals surface area contributed by atoms with Crippen molar-refractivity contribution in [3.63, 3.8) is 0 Å². The molecule has 0 bridgehead atoms. The molecule has 2 nitrogen and oxygen atoms in total. The first-order valence-corrected chi connectivity index (χ1v) is 7.71. The first kappa shape index (κ1) is 12.5. The lowest BCUT2D eigenvalue weighted by molar-refractivity contribution is 0.205. The summed E-state index contributed by atoms with van der Waals surface area (Å²) < 4.78 is 0. The van der Waals surface area contributed by atoms with Gasteiger partial charge in [0.2, 0.25) is 0 Å². The smallest absolute Gasteiger partial charge is 0.0160 e. The summed E-state index contributed by atoms with van der Waals surface area (Å²) in [6.45, 7) is 7.35. The molecule has 0 aliphatic carbocycles. The van der Waals surface area contributed by atoms with Gasteiger partial charge in [0.15, 0.2) is 0 Å². The highest BCUT2D eigenvalue weighted by atomic mass is 32.2. The van der Waals surface area contributed by atoms with E-state index in [1.165, 1.54) is 50.3 Å². The lowest BCUT2D eigenvalue weighted by atomic mass is 10.0. The normalized spacial score (nSPS) is 25.8. The van der Waals surface area contributed by atoms with Crippen LogP contribution in [0, 0.1) is 0 Å². The fourth-order valence-corrected chi connectivity index (χ4v) is 3.77. The molecule has 0 saturated carbocycles. The van der Waals surface area contributed by atoms with Gasteiger partial charge in [-0.2, -0.15) is 11.8 Å². The van der Waals surface area contributed by atoms with Crippen LogP contribution in [0.3, 0.4) is 0 Å². The lowest BCUT2D eigenvalue weighted by Gasteiger charge is -2.35. The van der Waals surface area contributed by atoms with Gasteiger partial charge in [-0.3, -0.25) is 4.90 Å². The second-order valence-electron chi connectivity index (χ2n) is 4.92. The van der Waals surface area contributed by atoms with Crippen molar-refractivity contribution in [3.8, 4) is 0 Å². The SMILES string of the molecule is C=CCN1CCC(NC2CCSCC2)CC1. The van der Waals surface area contributed by atoms with E-state index in [4.69, 9.17) is 0 Å². The largest absolute Gasteiger partial charge is 0.311 e. The maximum absolute atomic E-state index is 3.85. The van der Waals surface area contributed by atoms with E-state index in [0.29, 0.717) is 0 Å². The highest BCUT2D eigenvalue weighted by Crippen LogP contribution is 2.19. The van der Waals surface area contributed by atoms with Gasteiger partial charge in [0.1, 0.15) is 0 Å².